The van der Waals surface area contributed by atoms with Gasteiger partial charge >= 0.3 is 0 Å². The van der Waals surface area contributed by atoms with Crippen LogP contribution < -0.4 is 10.1 Å². The highest BCUT2D eigenvalue weighted by Crippen LogP contribution is 2.47. The molecule has 2 aliphatic carbocycles. The third kappa shape index (κ3) is 6.54. The van der Waals surface area contributed by atoms with Gasteiger partial charge in [0, 0.05) is 37.3 Å². The van der Waals surface area contributed by atoms with E-state index in [0.29, 0.717) is 43.2 Å². The molecule has 0 saturated heterocycles. The quantitative estimate of drug-likeness (QED) is 0.370. The number of hydrogen-bond acceptors (Lipinski definition) is 6. The number of benzene rings is 1. The molecule has 0 bridgehead atoms. The topological polar surface area (TPSA) is 108 Å². The lowest BCUT2D eigenvalue weighted by molar-refractivity contribution is -0.137. The molecule has 0 aromatic heterocycles. The zero-order chi connectivity index (χ0) is 26.4. The second-order valence-corrected chi connectivity index (χ2v) is 10.7. The van der Waals surface area contributed by atoms with Gasteiger partial charge < -0.3 is 29.9 Å². The van der Waals surface area contributed by atoms with Crippen molar-refractivity contribution in [2.24, 2.45) is 5.92 Å². The lowest BCUT2D eigenvalue weighted by Gasteiger charge is -2.41. The van der Waals surface area contributed by atoms with Crippen molar-refractivity contribution in [2.75, 3.05) is 26.3 Å². The van der Waals surface area contributed by atoms with E-state index < -0.39 is 24.2 Å². The smallest absolute Gasteiger partial charge is 0.247 e. The fourth-order valence-corrected chi connectivity index (χ4v) is 5.96. The Hall–Kier alpha value is -2.42. The fraction of sp³-hybridized carbons (Fsp3) is 0.655. The molecule has 1 aromatic carbocycles. The van der Waals surface area contributed by atoms with Crippen LogP contribution in [-0.4, -0.2) is 77.6 Å². The number of nitrogens with one attached hydrogen (secondary N) is 1. The summed E-state index contributed by atoms with van der Waals surface area (Å²) < 4.78 is 11.9. The van der Waals surface area contributed by atoms with Gasteiger partial charge in [0.05, 0.1) is 24.7 Å². The molecule has 4 atom stereocenters. The zero-order valence-electron chi connectivity index (χ0n) is 22.1. The van der Waals surface area contributed by atoms with Gasteiger partial charge in [0.25, 0.3) is 0 Å². The molecule has 1 saturated carbocycles. The number of hydrogen-bond donors (Lipinski definition) is 3. The second-order valence-electron chi connectivity index (χ2n) is 10.7. The molecule has 3 aliphatic rings. The minimum atomic E-state index is -0.992. The molecule has 3 N–H and O–H groups in total. The van der Waals surface area contributed by atoms with Gasteiger partial charge in [-0.1, -0.05) is 43.9 Å². The summed E-state index contributed by atoms with van der Waals surface area (Å²) in [7, 11) is 0. The van der Waals surface area contributed by atoms with Crippen molar-refractivity contribution in [1.29, 1.82) is 0 Å². The van der Waals surface area contributed by atoms with Crippen molar-refractivity contribution in [3.63, 3.8) is 0 Å². The second kappa shape index (κ2) is 12.9. The van der Waals surface area contributed by atoms with E-state index in [0.717, 1.165) is 12.0 Å². The predicted octanol–water partition coefficient (Wildman–Crippen LogP) is 2.92. The van der Waals surface area contributed by atoms with E-state index in [9.17, 15) is 19.8 Å². The van der Waals surface area contributed by atoms with Gasteiger partial charge in [-0.25, -0.2) is 0 Å². The van der Waals surface area contributed by atoms with E-state index in [1.807, 2.05) is 38.1 Å². The maximum atomic E-state index is 13.6. The Morgan fingerprint density at radius 2 is 1.97 bits per heavy atom. The lowest BCUT2D eigenvalue weighted by atomic mass is 9.77. The Morgan fingerprint density at radius 1 is 1.22 bits per heavy atom. The first-order valence-electron chi connectivity index (χ1n) is 13.9. The highest BCUT2D eigenvalue weighted by Gasteiger charge is 2.50. The average molecular weight is 515 g/mol. The lowest BCUT2D eigenvalue weighted by Crippen LogP contribution is -2.56. The van der Waals surface area contributed by atoms with Crippen LogP contribution in [-0.2, 0) is 14.3 Å². The minimum absolute atomic E-state index is 0.0131. The molecule has 4 unspecified atom stereocenters. The van der Waals surface area contributed by atoms with Crippen LogP contribution in [0, 0.1) is 5.92 Å². The van der Waals surface area contributed by atoms with E-state index in [1.54, 1.807) is 11.0 Å². The van der Waals surface area contributed by atoms with Crippen LogP contribution in [0.25, 0.3) is 0 Å². The summed E-state index contributed by atoms with van der Waals surface area (Å²) in [5.41, 5.74) is 1.31. The van der Waals surface area contributed by atoms with Gasteiger partial charge in [0.15, 0.2) is 0 Å². The molecule has 204 valence electrons. The number of amides is 2. The fourth-order valence-electron chi connectivity index (χ4n) is 5.96. The number of carbonyl (C=O) groups is 2. The average Bonchev–Trinajstić information content (AvgIpc) is 3.55. The van der Waals surface area contributed by atoms with E-state index in [-0.39, 0.29) is 31.1 Å². The SMILES string of the molecule is CC(C)OCCCN(C(=O)CCC1CCCC1)C1C=C(C(=O)NCCO)C2c3ccccc3OC2C1O. The van der Waals surface area contributed by atoms with Crippen LogP contribution in [0.3, 0.4) is 0 Å². The molecule has 4 rings (SSSR count). The summed E-state index contributed by atoms with van der Waals surface area (Å²) in [6, 6.07) is 6.81. The van der Waals surface area contributed by atoms with E-state index in [4.69, 9.17) is 9.47 Å². The maximum Gasteiger partial charge on any atom is 0.247 e. The van der Waals surface area contributed by atoms with Crippen molar-refractivity contribution in [3.05, 3.63) is 41.5 Å². The summed E-state index contributed by atoms with van der Waals surface area (Å²) in [6.07, 6.45) is 6.88. The third-order valence-electron chi connectivity index (χ3n) is 7.79. The third-order valence-corrected chi connectivity index (χ3v) is 7.79. The monoisotopic (exact) mass is 514 g/mol. The van der Waals surface area contributed by atoms with Crippen LogP contribution in [0.2, 0.25) is 0 Å². The van der Waals surface area contributed by atoms with Crippen LogP contribution in [0.4, 0.5) is 0 Å². The highest BCUT2D eigenvalue weighted by atomic mass is 16.5. The van der Waals surface area contributed by atoms with Crippen molar-refractivity contribution in [2.45, 2.75) is 89.1 Å². The summed E-state index contributed by atoms with van der Waals surface area (Å²) in [5.74, 6) is 0.450. The molecule has 2 amide bonds. The van der Waals surface area contributed by atoms with Crippen molar-refractivity contribution in [1.82, 2.24) is 10.2 Å². The summed E-state index contributed by atoms with van der Waals surface area (Å²) in [6.45, 7) is 4.84. The van der Waals surface area contributed by atoms with Crippen LogP contribution >= 0.6 is 0 Å². The van der Waals surface area contributed by atoms with Crippen LogP contribution in [0.1, 0.15) is 70.3 Å². The van der Waals surface area contributed by atoms with Gasteiger partial charge in [0.1, 0.15) is 18.0 Å². The molecule has 0 radical (unpaired) electrons. The van der Waals surface area contributed by atoms with Crippen LogP contribution in [0.5, 0.6) is 5.75 Å². The molecule has 37 heavy (non-hydrogen) atoms. The molecule has 8 heteroatoms. The molecule has 1 heterocycles. The first kappa shape index (κ1) is 27.6. The van der Waals surface area contributed by atoms with E-state index in [2.05, 4.69) is 5.32 Å². The molecular weight excluding hydrogens is 472 g/mol. The van der Waals surface area contributed by atoms with Gasteiger partial charge in [-0.3, -0.25) is 9.59 Å². The number of aliphatic hydroxyl groups excluding tert-OH is 2. The number of ether oxygens (including phenoxy) is 2. The van der Waals surface area contributed by atoms with Crippen molar-refractivity contribution in [3.8, 4) is 5.75 Å². The van der Waals surface area contributed by atoms with Crippen molar-refractivity contribution >= 4 is 11.8 Å². The van der Waals surface area contributed by atoms with Gasteiger partial charge in [-0.15, -0.1) is 0 Å². The molecule has 8 nitrogen and oxygen atoms in total. The van der Waals surface area contributed by atoms with Crippen molar-refractivity contribution < 1.29 is 29.3 Å². The van der Waals surface area contributed by atoms with E-state index in [1.165, 1.54) is 25.7 Å². The molecule has 1 aliphatic heterocycles. The van der Waals surface area contributed by atoms with Gasteiger partial charge in [-0.2, -0.15) is 0 Å². The Kier molecular flexibility index (Phi) is 9.62. The Bertz CT molecular complexity index is 957. The molecule has 1 fully saturated rings. The number of fused-ring (bicyclic) bond motifs is 3. The number of rotatable bonds is 12. The normalized spacial score (nSPS) is 24.8. The molecular formula is C29H42N2O6. The number of carbonyl (C=O) groups excluding carboxylic acids is 2. The maximum absolute atomic E-state index is 13.6. The number of aliphatic hydroxyl groups is 2. The Balaban J connectivity index is 1.61. The highest BCUT2D eigenvalue weighted by molar-refractivity contribution is 5.96. The van der Waals surface area contributed by atoms with Crippen LogP contribution in [0.15, 0.2) is 35.9 Å². The summed E-state index contributed by atoms with van der Waals surface area (Å²) in [5, 5.41) is 23.6. The number of nitrogens with zero attached hydrogens (tertiary/aromatic N) is 1. The molecule has 1 aromatic rings. The standard InChI is InChI=1S/C29H42N2O6/c1-19(2)36-17-7-15-31(25(33)13-12-20-8-3-4-9-20)23-18-22(29(35)30-14-16-32)26-21-10-5-6-11-24(21)37-28(26)27(23)34/h5-6,10-11,18-20,23,26-28,32,34H,3-4,7-9,12-17H2,1-2H3,(H,30,35). The largest absolute Gasteiger partial charge is 0.486 e. The Labute approximate surface area is 220 Å². The van der Waals surface area contributed by atoms with E-state index >= 15 is 0 Å². The number of para-hydroxylation sites is 1. The van der Waals surface area contributed by atoms with Gasteiger partial charge in [0.2, 0.25) is 11.8 Å². The zero-order valence-corrected chi connectivity index (χ0v) is 22.1. The first-order chi connectivity index (χ1) is 17.9. The Morgan fingerprint density at radius 3 is 2.70 bits per heavy atom. The minimum Gasteiger partial charge on any atom is -0.486 e. The summed E-state index contributed by atoms with van der Waals surface area (Å²) >= 11 is 0. The predicted molar refractivity (Wildman–Crippen MR) is 140 cm³/mol. The van der Waals surface area contributed by atoms with Gasteiger partial charge in [-0.05, 0) is 44.7 Å². The summed E-state index contributed by atoms with van der Waals surface area (Å²) in [4.78, 5) is 28.6. The molecule has 0 spiro atoms. The first-order valence-corrected chi connectivity index (χ1v) is 13.9.